The fraction of sp³-hybridized carbons (Fsp3) is 0.600. The number of carbonyl (C=O) groups is 1. The number of ether oxygens (including phenoxy) is 1. The van der Waals surface area contributed by atoms with Gasteiger partial charge in [-0.3, -0.25) is 14.7 Å². The molecular formula is C20H31Cl2N5O2. The number of nitrogens with one attached hydrogen (secondary N) is 3. The van der Waals surface area contributed by atoms with Crippen LogP contribution in [0.1, 0.15) is 24.2 Å². The highest BCUT2D eigenvalue weighted by Crippen LogP contribution is 2.22. The summed E-state index contributed by atoms with van der Waals surface area (Å²) in [6, 6.07) is 4.81. The van der Waals surface area contributed by atoms with Gasteiger partial charge in [0.25, 0.3) is 5.91 Å². The molecule has 1 aromatic carbocycles. The van der Waals surface area contributed by atoms with Crippen LogP contribution in [-0.2, 0) is 4.74 Å². The first-order chi connectivity index (χ1) is 13.9. The standard InChI is InChI=1S/C20H31Cl2N5O2/c1-14(2)12-27-8-9-29-16(13-27)11-26-20(23-3)25-7-6-24-19(28)15-4-5-17(21)18(22)10-15/h4-5,10,14,16H,6-9,11-13H2,1-3H3,(H,24,28)(H2,23,25,26). The van der Waals surface area contributed by atoms with Gasteiger partial charge in [0.05, 0.1) is 22.8 Å². The van der Waals surface area contributed by atoms with E-state index in [0.29, 0.717) is 47.1 Å². The van der Waals surface area contributed by atoms with Crippen LogP contribution in [0.15, 0.2) is 23.2 Å². The van der Waals surface area contributed by atoms with Crippen molar-refractivity contribution in [2.75, 3.05) is 52.9 Å². The van der Waals surface area contributed by atoms with Crippen molar-refractivity contribution in [3.05, 3.63) is 33.8 Å². The average molecular weight is 444 g/mol. The van der Waals surface area contributed by atoms with E-state index < -0.39 is 0 Å². The second-order valence-electron chi connectivity index (χ2n) is 7.41. The zero-order chi connectivity index (χ0) is 21.2. The molecule has 0 radical (unpaired) electrons. The Morgan fingerprint density at radius 2 is 2.00 bits per heavy atom. The summed E-state index contributed by atoms with van der Waals surface area (Å²) in [7, 11) is 1.72. The molecule has 0 spiro atoms. The summed E-state index contributed by atoms with van der Waals surface area (Å²) in [5.41, 5.74) is 0.474. The second kappa shape index (κ2) is 12.2. The summed E-state index contributed by atoms with van der Waals surface area (Å²) >= 11 is 11.8. The van der Waals surface area contributed by atoms with Crippen LogP contribution in [0.2, 0.25) is 10.0 Å². The van der Waals surface area contributed by atoms with Crippen molar-refractivity contribution in [2.24, 2.45) is 10.9 Å². The van der Waals surface area contributed by atoms with Crippen LogP contribution in [-0.4, -0.2) is 75.8 Å². The lowest BCUT2D eigenvalue weighted by Crippen LogP contribution is -2.50. The molecule has 0 aromatic heterocycles. The normalized spacial score (nSPS) is 18.0. The molecular weight excluding hydrogens is 413 g/mol. The largest absolute Gasteiger partial charge is 0.374 e. The fourth-order valence-corrected chi connectivity index (χ4v) is 3.41. The molecule has 1 unspecified atom stereocenters. The van der Waals surface area contributed by atoms with Crippen LogP contribution < -0.4 is 16.0 Å². The number of guanidine groups is 1. The molecule has 29 heavy (non-hydrogen) atoms. The topological polar surface area (TPSA) is 78.0 Å². The van der Waals surface area contributed by atoms with Crippen molar-refractivity contribution in [3.8, 4) is 0 Å². The SMILES string of the molecule is CN=C(NCCNC(=O)c1ccc(Cl)c(Cl)c1)NCC1CN(CC(C)C)CCO1. The first-order valence-electron chi connectivity index (χ1n) is 9.90. The zero-order valence-corrected chi connectivity index (χ0v) is 18.8. The number of aliphatic imine (C=N–C) groups is 1. The van der Waals surface area contributed by atoms with E-state index in [1.54, 1.807) is 25.2 Å². The predicted octanol–water partition coefficient (Wildman–Crippen LogP) is 2.24. The Balaban J connectivity index is 1.67. The van der Waals surface area contributed by atoms with Gasteiger partial charge in [0.15, 0.2) is 5.96 Å². The van der Waals surface area contributed by atoms with E-state index >= 15 is 0 Å². The van der Waals surface area contributed by atoms with Gasteiger partial charge in [-0.05, 0) is 24.1 Å². The molecule has 1 atom stereocenters. The number of amides is 1. The maximum Gasteiger partial charge on any atom is 0.251 e. The van der Waals surface area contributed by atoms with E-state index in [1.165, 1.54) is 0 Å². The minimum Gasteiger partial charge on any atom is -0.374 e. The Kier molecular flexibility index (Phi) is 10.0. The number of nitrogens with zero attached hydrogens (tertiary/aromatic N) is 2. The van der Waals surface area contributed by atoms with Crippen molar-refractivity contribution in [2.45, 2.75) is 20.0 Å². The maximum atomic E-state index is 12.2. The third-order valence-corrected chi connectivity index (χ3v) is 5.19. The van der Waals surface area contributed by atoms with Crippen LogP contribution in [0.5, 0.6) is 0 Å². The van der Waals surface area contributed by atoms with Crippen LogP contribution >= 0.6 is 23.2 Å². The number of rotatable bonds is 8. The van der Waals surface area contributed by atoms with Gasteiger partial charge in [-0.2, -0.15) is 0 Å². The molecule has 1 aromatic rings. The molecule has 1 heterocycles. The molecule has 162 valence electrons. The monoisotopic (exact) mass is 443 g/mol. The van der Waals surface area contributed by atoms with Gasteiger partial charge >= 0.3 is 0 Å². The lowest BCUT2D eigenvalue weighted by molar-refractivity contribution is -0.0284. The molecule has 2 rings (SSSR count). The zero-order valence-electron chi connectivity index (χ0n) is 17.3. The summed E-state index contributed by atoms with van der Waals surface area (Å²) in [6.07, 6.45) is 0.135. The van der Waals surface area contributed by atoms with Gasteiger partial charge in [0.2, 0.25) is 0 Å². The Labute approximate surface area is 183 Å². The van der Waals surface area contributed by atoms with Crippen molar-refractivity contribution < 1.29 is 9.53 Å². The average Bonchev–Trinajstić information content (AvgIpc) is 2.69. The van der Waals surface area contributed by atoms with Gasteiger partial charge in [-0.15, -0.1) is 0 Å². The highest BCUT2D eigenvalue weighted by Gasteiger charge is 2.21. The predicted molar refractivity (Wildman–Crippen MR) is 119 cm³/mol. The number of carbonyl (C=O) groups excluding carboxylic acids is 1. The number of benzene rings is 1. The summed E-state index contributed by atoms with van der Waals surface area (Å²) in [5.74, 6) is 1.13. The third kappa shape index (κ3) is 8.38. The molecule has 1 saturated heterocycles. The third-order valence-electron chi connectivity index (χ3n) is 4.45. The quantitative estimate of drug-likeness (QED) is 0.326. The number of morpholine rings is 1. The minimum atomic E-state index is -0.200. The van der Waals surface area contributed by atoms with E-state index in [0.717, 1.165) is 26.2 Å². The fourth-order valence-electron chi connectivity index (χ4n) is 3.11. The van der Waals surface area contributed by atoms with Gasteiger partial charge in [-0.1, -0.05) is 37.0 Å². The Morgan fingerprint density at radius 1 is 1.24 bits per heavy atom. The summed E-state index contributed by atoms with van der Waals surface area (Å²) in [4.78, 5) is 18.8. The molecule has 7 nitrogen and oxygen atoms in total. The molecule has 1 aliphatic rings. The number of halogens is 2. The van der Waals surface area contributed by atoms with E-state index in [9.17, 15) is 4.79 Å². The Hall–Kier alpha value is -1.54. The molecule has 1 amide bonds. The molecule has 9 heteroatoms. The van der Waals surface area contributed by atoms with E-state index in [-0.39, 0.29) is 12.0 Å². The number of hydrogen-bond acceptors (Lipinski definition) is 4. The van der Waals surface area contributed by atoms with Crippen molar-refractivity contribution in [1.29, 1.82) is 0 Å². The Bertz CT molecular complexity index is 699. The summed E-state index contributed by atoms with van der Waals surface area (Å²) < 4.78 is 5.84. The van der Waals surface area contributed by atoms with Gasteiger partial charge in [0, 0.05) is 51.9 Å². The molecule has 0 saturated carbocycles. The molecule has 1 fully saturated rings. The van der Waals surface area contributed by atoms with Gasteiger partial charge in [0.1, 0.15) is 0 Å². The lowest BCUT2D eigenvalue weighted by atomic mass is 10.2. The minimum absolute atomic E-state index is 0.135. The van der Waals surface area contributed by atoms with Crippen LogP contribution in [0.25, 0.3) is 0 Å². The molecule has 3 N–H and O–H groups in total. The maximum absolute atomic E-state index is 12.2. The summed E-state index contributed by atoms with van der Waals surface area (Å²) in [5, 5.41) is 10.1. The van der Waals surface area contributed by atoms with E-state index in [2.05, 4.69) is 39.7 Å². The van der Waals surface area contributed by atoms with Crippen LogP contribution in [0, 0.1) is 5.92 Å². The summed E-state index contributed by atoms with van der Waals surface area (Å²) in [6.45, 7) is 9.88. The highest BCUT2D eigenvalue weighted by molar-refractivity contribution is 6.42. The molecule has 0 bridgehead atoms. The molecule has 1 aliphatic heterocycles. The van der Waals surface area contributed by atoms with Crippen molar-refractivity contribution >= 4 is 35.1 Å². The van der Waals surface area contributed by atoms with Crippen LogP contribution in [0.4, 0.5) is 0 Å². The van der Waals surface area contributed by atoms with E-state index in [4.69, 9.17) is 27.9 Å². The highest BCUT2D eigenvalue weighted by atomic mass is 35.5. The van der Waals surface area contributed by atoms with Crippen LogP contribution in [0.3, 0.4) is 0 Å². The molecule has 0 aliphatic carbocycles. The first kappa shape index (κ1) is 23.7. The van der Waals surface area contributed by atoms with Gasteiger partial charge < -0.3 is 20.7 Å². The van der Waals surface area contributed by atoms with E-state index in [1.807, 2.05) is 0 Å². The lowest BCUT2D eigenvalue weighted by Gasteiger charge is -2.34. The van der Waals surface area contributed by atoms with Crippen molar-refractivity contribution in [3.63, 3.8) is 0 Å². The Morgan fingerprint density at radius 3 is 2.69 bits per heavy atom. The van der Waals surface area contributed by atoms with Crippen molar-refractivity contribution in [1.82, 2.24) is 20.9 Å². The smallest absolute Gasteiger partial charge is 0.251 e. The first-order valence-corrected chi connectivity index (χ1v) is 10.7. The number of hydrogen-bond donors (Lipinski definition) is 3. The van der Waals surface area contributed by atoms with Gasteiger partial charge in [-0.25, -0.2) is 0 Å². The second-order valence-corrected chi connectivity index (χ2v) is 8.23.